The quantitative estimate of drug-likeness (QED) is 0.519. The van der Waals surface area contributed by atoms with E-state index in [1.165, 1.54) is 6.33 Å². The van der Waals surface area contributed by atoms with Crippen LogP contribution in [-0.4, -0.2) is 51.3 Å². The van der Waals surface area contributed by atoms with Gasteiger partial charge in [0.2, 0.25) is 0 Å². The van der Waals surface area contributed by atoms with E-state index in [0.717, 1.165) is 25.9 Å². The molecule has 3 aromatic rings. The first kappa shape index (κ1) is 20.5. The van der Waals surface area contributed by atoms with E-state index in [1.807, 2.05) is 6.07 Å². The minimum Gasteiger partial charge on any atom is -0.382 e. The van der Waals surface area contributed by atoms with Crippen molar-refractivity contribution in [1.82, 2.24) is 24.9 Å². The maximum atomic E-state index is 13.6. The summed E-state index contributed by atoms with van der Waals surface area (Å²) >= 11 is 6.37. The third-order valence-corrected chi connectivity index (χ3v) is 6.33. The van der Waals surface area contributed by atoms with Gasteiger partial charge in [0.05, 0.1) is 22.5 Å². The van der Waals surface area contributed by atoms with Crippen molar-refractivity contribution in [3.8, 4) is 6.07 Å². The van der Waals surface area contributed by atoms with Crippen LogP contribution in [0.15, 0.2) is 29.3 Å². The summed E-state index contributed by atoms with van der Waals surface area (Å²) in [7, 11) is 0. The lowest BCUT2D eigenvalue weighted by Crippen LogP contribution is -2.59. The van der Waals surface area contributed by atoms with Gasteiger partial charge >= 0.3 is 0 Å². The Kier molecular flexibility index (Phi) is 5.07. The molecule has 1 saturated carbocycles. The summed E-state index contributed by atoms with van der Waals surface area (Å²) in [6, 6.07) is 7.31. The zero-order valence-corrected chi connectivity index (χ0v) is 18.1. The second-order valence-corrected chi connectivity index (χ2v) is 8.55. The van der Waals surface area contributed by atoms with Gasteiger partial charge in [0.25, 0.3) is 5.56 Å². The molecule has 1 saturated heterocycles. The number of nitriles is 1. The predicted octanol–water partition coefficient (Wildman–Crippen LogP) is 1.02. The molecule has 1 aromatic carbocycles. The molecule has 11 heteroatoms. The van der Waals surface area contributed by atoms with Crippen molar-refractivity contribution in [2.45, 2.75) is 24.8 Å². The Morgan fingerprint density at radius 3 is 2.97 bits per heavy atom. The van der Waals surface area contributed by atoms with Crippen LogP contribution in [0.1, 0.15) is 24.2 Å². The Labute approximate surface area is 189 Å². The van der Waals surface area contributed by atoms with Gasteiger partial charge in [-0.05, 0) is 25.0 Å². The van der Waals surface area contributed by atoms with Gasteiger partial charge in [0.1, 0.15) is 35.4 Å². The summed E-state index contributed by atoms with van der Waals surface area (Å²) in [6.45, 7) is 2.64. The molecule has 2 fully saturated rings. The molecule has 2 aromatic heterocycles. The molecule has 10 nitrogen and oxygen atoms in total. The molecule has 1 aliphatic carbocycles. The Morgan fingerprint density at radius 1 is 1.34 bits per heavy atom. The number of hydrogen-bond donors (Lipinski definition) is 3. The van der Waals surface area contributed by atoms with E-state index in [1.54, 1.807) is 22.9 Å². The summed E-state index contributed by atoms with van der Waals surface area (Å²) in [5.41, 5.74) is 6.44. The highest BCUT2D eigenvalue weighted by Crippen LogP contribution is 2.37. The largest absolute Gasteiger partial charge is 0.382 e. The van der Waals surface area contributed by atoms with Gasteiger partial charge in [-0.25, -0.2) is 19.6 Å². The molecule has 0 unspecified atom stereocenters. The average Bonchev–Trinajstić information content (AvgIpc) is 3.52. The molecule has 0 amide bonds. The van der Waals surface area contributed by atoms with Crippen LogP contribution < -0.4 is 26.9 Å². The first-order valence-electron chi connectivity index (χ1n) is 10.5. The van der Waals surface area contributed by atoms with Crippen LogP contribution in [0.4, 0.5) is 11.6 Å². The molecule has 0 atom stereocenters. The minimum atomic E-state index is -0.169. The molecule has 2 aliphatic rings. The molecule has 0 bridgehead atoms. The van der Waals surface area contributed by atoms with Gasteiger partial charge in [0.15, 0.2) is 0 Å². The van der Waals surface area contributed by atoms with Crippen LogP contribution in [-0.2, 0) is 6.42 Å². The van der Waals surface area contributed by atoms with E-state index in [-0.39, 0.29) is 22.5 Å². The van der Waals surface area contributed by atoms with E-state index in [2.05, 4.69) is 25.6 Å². The van der Waals surface area contributed by atoms with Crippen molar-refractivity contribution < 1.29 is 0 Å². The van der Waals surface area contributed by atoms with E-state index in [9.17, 15) is 10.1 Å². The number of nitrogens with zero attached hydrogens (tertiary/aromatic N) is 6. The van der Waals surface area contributed by atoms with E-state index >= 15 is 0 Å². The van der Waals surface area contributed by atoms with E-state index in [0.29, 0.717) is 47.1 Å². The highest BCUT2D eigenvalue weighted by molar-refractivity contribution is 6.35. The number of hydrogen-bond acceptors (Lipinski definition) is 9. The minimum absolute atomic E-state index is 0.0861. The number of halogens is 1. The van der Waals surface area contributed by atoms with Gasteiger partial charge in [-0.2, -0.15) is 5.26 Å². The number of rotatable bonds is 5. The first-order chi connectivity index (χ1) is 15.5. The topological polar surface area (TPSA) is 138 Å². The lowest BCUT2D eigenvalue weighted by atomic mass is 10.2. The summed E-state index contributed by atoms with van der Waals surface area (Å²) in [5.74, 6) is 1.10. The van der Waals surface area contributed by atoms with Crippen LogP contribution in [0.3, 0.4) is 0 Å². The zero-order valence-electron chi connectivity index (χ0n) is 17.3. The molecule has 0 radical (unpaired) electrons. The third kappa shape index (κ3) is 3.59. The summed E-state index contributed by atoms with van der Waals surface area (Å²) in [4.78, 5) is 26.3. The SMILES string of the molecule is N#Cc1c(N)ncnc1NCCc1nc2cccc(Cl)c2c(=O)n1N1CCNC2(CC2)C1. The van der Waals surface area contributed by atoms with Crippen molar-refractivity contribution in [2.24, 2.45) is 0 Å². The fourth-order valence-electron chi connectivity index (χ4n) is 4.21. The van der Waals surface area contributed by atoms with Gasteiger partial charge in [-0.1, -0.05) is 17.7 Å². The monoisotopic (exact) mass is 451 g/mol. The number of nitrogens with one attached hydrogen (secondary N) is 2. The van der Waals surface area contributed by atoms with Gasteiger partial charge in [-0.3, -0.25) is 4.79 Å². The molecule has 1 aliphatic heterocycles. The van der Waals surface area contributed by atoms with E-state index < -0.39 is 0 Å². The standard InChI is InChI=1S/C21H22ClN9O/c22-14-2-1-3-15-17(14)20(32)31(30-9-8-28-21(11-30)5-6-21)16(29-15)4-7-25-19-13(10-23)18(24)26-12-27-19/h1-3,12,28H,4-9,11H2,(H3,24,25,26,27). The molecular weight excluding hydrogens is 430 g/mol. The average molecular weight is 452 g/mol. The second-order valence-electron chi connectivity index (χ2n) is 8.15. The van der Waals surface area contributed by atoms with Crippen molar-refractivity contribution in [3.63, 3.8) is 0 Å². The zero-order chi connectivity index (χ0) is 22.3. The van der Waals surface area contributed by atoms with Crippen LogP contribution >= 0.6 is 11.6 Å². The van der Waals surface area contributed by atoms with Crippen molar-refractivity contribution in [2.75, 3.05) is 42.2 Å². The van der Waals surface area contributed by atoms with Gasteiger partial charge in [0, 0.05) is 31.6 Å². The number of nitrogens with two attached hydrogens (primary N) is 1. The summed E-state index contributed by atoms with van der Waals surface area (Å²) < 4.78 is 1.68. The lowest BCUT2D eigenvalue weighted by Gasteiger charge is -2.37. The maximum Gasteiger partial charge on any atom is 0.281 e. The lowest BCUT2D eigenvalue weighted by molar-refractivity contribution is 0.376. The highest BCUT2D eigenvalue weighted by Gasteiger charge is 2.46. The first-order valence-corrected chi connectivity index (χ1v) is 10.8. The van der Waals surface area contributed by atoms with Crippen molar-refractivity contribution in [3.05, 3.63) is 51.3 Å². The number of anilines is 2. The predicted molar refractivity (Wildman–Crippen MR) is 122 cm³/mol. The Morgan fingerprint density at radius 2 is 2.19 bits per heavy atom. The number of aromatic nitrogens is 4. The van der Waals surface area contributed by atoms with Gasteiger partial charge < -0.3 is 21.4 Å². The molecule has 164 valence electrons. The molecular formula is C21H22ClN9O. The maximum absolute atomic E-state index is 13.6. The third-order valence-electron chi connectivity index (χ3n) is 6.01. The van der Waals surface area contributed by atoms with Crippen molar-refractivity contribution in [1.29, 1.82) is 5.26 Å². The molecule has 32 heavy (non-hydrogen) atoms. The second kappa shape index (κ2) is 7.93. The van der Waals surface area contributed by atoms with Gasteiger partial charge in [-0.15, -0.1) is 0 Å². The smallest absolute Gasteiger partial charge is 0.281 e. The fourth-order valence-corrected chi connectivity index (χ4v) is 4.46. The molecule has 3 heterocycles. The van der Waals surface area contributed by atoms with Crippen LogP contribution in [0.25, 0.3) is 10.9 Å². The van der Waals surface area contributed by atoms with E-state index in [4.69, 9.17) is 22.3 Å². The molecule has 1 spiro atoms. The van der Waals surface area contributed by atoms with Crippen LogP contribution in [0.5, 0.6) is 0 Å². The summed E-state index contributed by atoms with van der Waals surface area (Å²) in [5, 5.41) is 18.9. The van der Waals surface area contributed by atoms with Crippen molar-refractivity contribution >= 4 is 34.1 Å². The number of benzene rings is 1. The van der Waals surface area contributed by atoms with Crippen LogP contribution in [0, 0.1) is 11.3 Å². The Hall–Kier alpha value is -3.42. The number of nitrogen functional groups attached to an aromatic ring is 1. The molecule has 5 rings (SSSR count). The van der Waals surface area contributed by atoms with Crippen LogP contribution in [0.2, 0.25) is 5.02 Å². The fraction of sp³-hybridized carbons (Fsp3) is 0.381. The Balaban J connectivity index is 1.50. The Bertz CT molecular complexity index is 1290. The number of fused-ring (bicyclic) bond motifs is 1. The summed E-state index contributed by atoms with van der Waals surface area (Å²) in [6.07, 6.45) is 3.94. The molecule has 4 N–H and O–H groups in total. The highest BCUT2D eigenvalue weighted by atomic mass is 35.5. The number of piperazine rings is 1. The normalized spacial score (nSPS) is 16.8.